The molecular formula is C12H12N4S. The Labute approximate surface area is 103 Å². The fraction of sp³-hybridized carbons (Fsp3) is 0.167. The first-order valence-electron chi connectivity index (χ1n) is 5.34. The van der Waals surface area contributed by atoms with E-state index in [-0.39, 0.29) is 0 Å². The minimum Gasteiger partial charge on any atom is -0.399 e. The largest absolute Gasteiger partial charge is 0.399 e. The summed E-state index contributed by atoms with van der Waals surface area (Å²) in [6, 6.07) is 7.88. The number of nitrogen functional groups attached to an aromatic ring is 1. The van der Waals surface area contributed by atoms with Crippen LogP contribution >= 0.6 is 11.5 Å². The molecular weight excluding hydrogens is 232 g/mol. The van der Waals surface area contributed by atoms with E-state index in [1.54, 1.807) is 0 Å². The maximum Gasteiger partial charge on any atom is 0.174 e. The van der Waals surface area contributed by atoms with Gasteiger partial charge in [0.05, 0.1) is 10.4 Å². The van der Waals surface area contributed by atoms with Crippen LogP contribution in [0.3, 0.4) is 0 Å². The molecule has 86 valence electrons. The molecule has 0 spiro atoms. The van der Waals surface area contributed by atoms with Crippen molar-refractivity contribution in [2.24, 2.45) is 0 Å². The Morgan fingerprint density at radius 2 is 2.06 bits per heavy atom. The number of fused-ring (bicyclic) bond motifs is 1. The second-order valence-corrected chi connectivity index (χ2v) is 4.91. The van der Waals surface area contributed by atoms with Crippen LogP contribution in [0, 0.1) is 13.8 Å². The zero-order chi connectivity index (χ0) is 12.0. The third-order valence-corrected chi connectivity index (χ3v) is 3.50. The molecule has 0 radical (unpaired) electrons. The van der Waals surface area contributed by atoms with Gasteiger partial charge < -0.3 is 5.73 Å². The van der Waals surface area contributed by atoms with Gasteiger partial charge in [0.1, 0.15) is 0 Å². The molecule has 3 rings (SSSR count). The number of aromatic nitrogens is 3. The second kappa shape index (κ2) is 3.56. The molecule has 5 heteroatoms. The van der Waals surface area contributed by atoms with Gasteiger partial charge in [-0.15, -0.1) is 0 Å². The van der Waals surface area contributed by atoms with Crippen LogP contribution in [0.4, 0.5) is 5.69 Å². The van der Waals surface area contributed by atoms with Crippen LogP contribution in [-0.4, -0.2) is 14.2 Å². The van der Waals surface area contributed by atoms with Gasteiger partial charge in [0.15, 0.2) is 5.82 Å². The second-order valence-electron chi connectivity index (χ2n) is 4.10. The van der Waals surface area contributed by atoms with Crippen LogP contribution < -0.4 is 5.73 Å². The van der Waals surface area contributed by atoms with E-state index >= 15 is 0 Å². The van der Waals surface area contributed by atoms with Crippen molar-refractivity contribution < 1.29 is 0 Å². The van der Waals surface area contributed by atoms with E-state index in [4.69, 9.17) is 5.73 Å². The Morgan fingerprint density at radius 3 is 2.76 bits per heavy atom. The fourth-order valence-electron chi connectivity index (χ4n) is 1.94. The monoisotopic (exact) mass is 244 g/mol. The number of hydrogen-bond donors (Lipinski definition) is 1. The molecule has 0 aliphatic heterocycles. The van der Waals surface area contributed by atoms with Gasteiger partial charge >= 0.3 is 0 Å². The fourth-order valence-corrected chi connectivity index (χ4v) is 2.68. The van der Waals surface area contributed by atoms with E-state index in [1.807, 2.05) is 42.8 Å². The number of hydrogen-bond acceptors (Lipinski definition) is 4. The minimum absolute atomic E-state index is 0.750. The molecule has 2 N–H and O–H groups in total. The number of nitrogens with zero attached hydrogens (tertiary/aromatic N) is 3. The van der Waals surface area contributed by atoms with Crippen LogP contribution in [0.5, 0.6) is 0 Å². The van der Waals surface area contributed by atoms with Crippen LogP contribution in [0.1, 0.15) is 11.4 Å². The van der Waals surface area contributed by atoms with Crippen molar-refractivity contribution in [1.29, 1.82) is 0 Å². The summed E-state index contributed by atoms with van der Waals surface area (Å²) >= 11 is 1.47. The molecule has 0 fully saturated rings. The maximum absolute atomic E-state index is 5.82. The topological polar surface area (TPSA) is 56.7 Å². The molecule has 2 heterocycles. The smallest absolute Gasteiger partial charge is 0.174 e. The summed E-state index contributed by atoms with van der Waals surface area (Å²) in [5.41, 5.74) is 8.64. The summed E-state index contributed by atoms with van der Waals surface area (Å²) in [6.07, 6.45) is 0. The van der Waals surface area contributed by atoms with Crippen LogP contribution in [0.25, 0.3) is 15.9 Å². The zero-order valence-corrected chi connectivity index (χ0v) is 10.5. The molecule has 17 heavy (non-hydrogen) atoms. The lowest BCUT2D eigenvalue weighted by atomic mass is 10.2. The Kier molecular flexibility index (Phi) is 2.16. The Hall–Kier alpha value is -1.88. The summed E-state index contributed by atoms with van der Waals surface area (Å²) in [5.74, 6) is 0.864. The molecule has 0 unspecified atom stereocenters. The summed E-state index contributed by atoms with van der Waals surface area (Å²) in [4.78, 5) is 0. The van der Waals surface area contributed by atoms with Gasteiger partial charge in [-0.1, -0.05) is 0 Å². The zero-order valence-electron chi connectivity index (χ0n) is 9.64. The Balaban J connectivity index is 2.30. The van der Waals surface area contributed by atoms with Crippen molar-refractivity contribution in [3.05, 3.63) is 35.7 Å². The highest BCUT2D eigenvalue weighted by molar-refractivity contribution is 7.13. The number of aryl methyl sites for hydroxylation is 2. The first kappa shape index (κ1) is 10.3. The van der Waals surface area contributed by atoms with E-state index < -0.39 is 0 Å². The van der Waals surface area contributed by atoms with Crippen molar-refractivity contribution in [3.8, 4) is 5.82 Å². The van der Waals surface area contributed by atoms with Gasteiger partial charge in [-0.3, -0.25) is 0 Å². The lowest BCUT2D eigenvalue weighted by Gasteiger charge is -2.01. The minimum atomic E-state index is 0.750. The van der Waals surface area contributed by atoms with Gasteiger partial charge in [-0.05, 0) is 49.6 Å². The number of benzene rings is 1. The Bertz CT molecular complexity index is 696. The standard InChI is InChI=1S/C12H12N4S/c1-7-5-8(2)16(14-7)12-10-6-9(13)3-4-11(10)17-15-12/h3-6H,13H2,1-2H3. The van der Waals surface area contributed by atoms with Crippen LogP contribution in [0.2, 0.25) is 0 Å². The molecule has 4 nitrogen and oxygen atoms in total. The Morgan fingerprint density at radius 1 is 1.24 bits per heavy atom. The van der Waals surface area contributed by atoms with Gasteiger partial charge in [0, 0.05) is 16.8 Å². The third kappa shape index (κ3) is 1.59. The quantitative estimate of drug-likeness (QED) is 0.669. The molecule has 0 saturated carbocycles. The van der Waals surface area contributed by atoms with Crippen LogP contribution in [-0.2, 0) is 0 Å². The number of nitrogens with two attached hydrogens (primary N) is 1. The highest BCUT2D eigenvalue weighted by Gasteiger charge is 2.11. The van der Waals surface area contributed by atoms with Gasteiger partial charge in [0.2, 0.25) is 0 Å². The van der Waals surface area contributed by atoms with E-state index in [9.17, 15) is 0 Å². The number of rotatable bonds is 1. The van der Waals surface area contributed by atoms with E-state index in [0.717, 1.165) is 33.0 Å². The van der Waals surface area contributed by atoms with Gasteiger partial charge in [0.25, 0.3) is 0 Å². The summed E-state index contributed by atoms with van der Waals surface area (Å²) < 4.78 is 7.46. The molecule has 0 atom stereocenters. The number of anilines is 1. The van der Waals surface area contributed by atoms with Gasteiger partial charge in [-0.25, -0.2) is 4.68 Å². The third-order valence-electron chi connectivity index (χ3n) is 2.69. The first-order valence-corrected chi connectivity index (χ1v) is 6.11. The molecule has 0 aliphatic carbocycles. The predicted molar refractivity (Wildman–Crippen MR) is 70.6 cm³/mol. The average Bonchev–Trinajstić information content (AvgIpc) is 2.81. The van der Waals surface area contributed by atoms with Crippen molar-refractivity contribution >= 4 is 27.3 Å². The summed E-state index contributed by atoms with van der Waals surface area (Å²) in [5, 5.41) is 5.51. The predicted octanol–water partition coefficient (Wildman–Crippen LogP) is 2.68. The van der Waals surface area contributed by atoms with Crippen molar-refractivity contribution in [2.45, 2.75) is 13.8 Å². The highest BCUT2D eigenvalue weighted by Crippen LogP contribution is 2.27. The van der Waals surface area contributed by atoms with Crippen molar-refractivity contribution in [1.82, 2.24) is 14.2 Å². The van der Waals surface area contributed by atoms with Gasteiger partial charge in [-0.2, -0.15) is 9.47 Å². The molecule has 3 aromatic rings. The molecule has 0 aliphatic rings. The lowest BCUT2D eigenvalue weighted by Crippen LogP contribution is -1.99. The highest BCUT2D eigenvalue weighted by atomic mass is 32.1. The van der Waals surface area contributed by atoms with Crippen molar-refractivity contribution in [2.75, 3.05) is 5.73 Å². The SMILES string of the molecule is Cc1cc(C)n(-c2nsc3ccc(N)cc23)n1. The average molecular weight is 244 g/mol. The molecule has 0 bridgehead atoms. The van der Waals surface area contributed by atoms with E-state index in [0.29, 0.717) is 0 Å². The first-order chi connectivity index (χ1) is 8.15. The molecule has 1 aromatic carbocycles. The molecule has 2 aromatic heterocycles. The molecule has 0 amide bonds. The molecule has 0 saturated heterocycles. The lowest BCUT2D eigenvalue weighted by molar-refractivity contribution is 0.823. The summed E-state index contributed by atoms with van der Waals surface area (Å²) in [7, 11) is 0. The maximum atomic E-state index is 5.82. The van der Waals surface area contributed by atoms with E-state index in [1.165, 1.54) is 11.5 Å². The van der Waals surface area contributed by atoms with Crippen molar-refractivity contribution in [3.63, 3.8) is 0 Å². The normalized spacial score (nSPS) is 11.2. The van der Waals surface area contributed by atoms with Crippen LogP contribution in [0.15, 0.2) is 24.3 Å². The summed E-state index contributed by atoms with van der Waals surface area (Å²) in [6.45, 7) is 4.00. The van der Waals surface area contributed by atoms with E-state index in [2.05, 4.69) is 9.47 Å².